The van der Waals surface area contributed by atoms with Crippen molar-refractivity contribution in [3.8, 4) is 0 Å². The van der Waals surface area contributed by atoms with Crippen molar-refractivity contribution in [1.82, 2.24) is 19.4 Å². The summed E-state index contributed by atoms with van der Waals surface area (Å²) in [4.78, 5) is 21.9. The van der Waals surface area contributed by atoms with E-state index < -0.39 is 24.9 Å². The number of halogens is 2. The molecular formula is C17H14F2N4O. The number of amides is 1. The number of aromatic nitrogens is 3. The van der Waals surface area contributed by atoms with Crippen molar-refractivity contribution in [1.29, 1.82) is 0 Å². The van der Waals surface area contributed by atoms with Crippen molar-refractivity contribution in [2.75, 3.05) is 13.1 Å². The third-order valence-corrected chi connectivity index (χ3v) is 4.03. The maximum Gasteiger partial charge on any atom is 0.282 e. The summed E-state index contributed by atoms with van der Waals surface area (Å²) in [7, 11) is 0. The Morgan fingerprint density at radius 3 is 2.62 bits per heavy atom. The molecule has 122 valence electrons. The molecule has 4 rings (SSSR count). The molecule has 0 saturated carbocycles. The first kappa shape index (κ1) is 14.7. The van der Waals surface area contributed by atoms with E-state index in [1.807, 2.05) is 34.9 Å². The predicted molar refractivity (Wildman–Crippen MR) is 83.9 cm³/mol. The van der Waals surface area contributed by atoms with Crippen LogP contribution in [0.25, 0.3) is 11.2 Å². The number of imidazole rings is 1. The highest BCUT2D eigenvalue weighted by molar-refractivity contribution is 5.96. The maximum absolute atomic E-state index is 12.9. The highest BCUT2D eigenvalue weighted by Crippen LogP contribution is 2.28. The van der Waals surface area contributed by atoms with Crippen LogP contribution < -0.4 is 0 Å². The number of nitrogens with zero attached hydrogens (tertiary/aromatic N) is 4. The Balaban J connectivity index is 1.58. The second kappa shape index (κ2) is 5.36. The lowest BCUT2D eigenvalue weighted by molar-refractivity contribution is -0.113. The van der Waals surface area contributed by atoms with Crippen molar-refractivity contribution in [2.45, 2.75) is 12.5 Å². The van der Waals surface area contributed by atoms with Crippen LogP contribution in [0, 0.1) is 0 Å². The largest absolute Gasteiger partial charge is 0.326 e. The monoisotopic (exact) mass is 328 g/mol. The number of pyridine rings is 1. The van der Waals surface area contributed by atoms with Gasteiger partial charge in [-0.1, -0.05) is 30.3 Å². The minimum Gasteiger partial charge on any atom is -0.326 e. The summed E-state index contributed by atoms with van der Waals surface area (Å²) < 4.78 is 27.7. The van der Waals surface area contributed by atoms with E-state index in [1.54, 1.807) is 12.4 Å². The number of fused-ring (bicyclic) bond motifs is 1. The van der Waals surface area contributed by atoms with Gasteiger partial charge in [-0.2, -0.15) is 0 Å². The molecule has 3 aromatic rings. The van der Waals surface area contributed by atoms with Gasteiger partial charge in [-0.15, -0.1) is 0 Å². The van der Waals surface area contributed by atoms with Gasteiger partial charge in [-0.05, 0) is 11.6 Å². The van der Waals surface area contributed by atoms with Crippen molar-refractivity contribution >= 4 is 17.1 Å². The SMILES string of the molecule is O=C(c1cnc2c(c1)ncn2Cc1ccccc1)N1CC(F)(F)C1. The zero-order valence-electron chi connectivity index (χ0n) is 12.7. The highest BCUT2D eigenvalue weighted by atomic mass is 19.3. The fraction of sp³-hybridized carbons (Fsp3) is 0.235. The van der Waals surface area contributed by atoms with Crippen LogP contribution in [-0.4, -0.2) is 44.4 Å². The summed E-state index contributed by atoms with van der Waals surface area (Å²) in [5.41, 5.74) is 2.62. The molecule has 1 fully saturated rings. The van der Waals surface area contributed by atoms with Gasteiger partial charge in [-0.25, -0.2) is 18.7 Å². The Bertz CT molecular complexity index is 899. The smallest absolute Gasteiger partial charge is 0.282 e. The van der Waals surface area contributed by atoms with Crippen LogP contribution in [0.2, 0.25) is 0 Å². The summed E-state index contributed by atoms with van der Waals surface area (Å²) >= 11 is 0. The number of benzene rings is 1. The molecular weight excluding hydrogens is 314 g/mol. The molecule has 24 heavy (non-hydrogen) atoms. The maximum atomic E-state index is 12.9. The molecule has 5 nitrogen and oxygen atoms in total. The Hall–Kier alpha value is -2.83. The summed E-state index contributed by atoms with van der Waals surface area (Å²) in [6.45, 7) is -0.450. The lowest BCUT2D eigenvalue weighted by Gasteiger charge is -2.38. The molecule has 1 saturated heterocycles. The lowest BCUT2D eigenvalue weighted by atomic mass is 10.1. The van der Waals surface area contributed by atoms with Gasteiger partial charge in [0.05, 0.1) is 31.5 Å². The number of carbonyl (C=O) groups excluding carboxylic acids is 1. The first-order chi connectivity index (χ1) is 11.5. The first-order valence-corrected chi connectivity index (χ1v) is 7.54. The molecule has 0 aliphatic carbocycles. The van der Waals surface area contributed by atoms with E-state index >= 15 is 0 Å². The van der Waals surface area contributed by atoms with Gasteiger partial charge in [-0.3, -0.25) is 4.79 Å². The third kappa shape index (κ3) is 2.62. The highest BCUT2D eigenvalue weighted by Gasteiger charge is 2.46. The number of alkyl halides is 2. The quantitative estimate of drug-likeness (QED) is 0.742. The van der Waals surface area contributed by atoms with E-state index in [-0.39, 0.29) is 5.56 Å². The minimum absolute atomic E-state index is 0.281. The molecule has 1 aliphatic heterocycles. The number of rotatable bonds is 3. The van der Waals surface area contributed by atoms with Gasteiger partial charge < -0.3 is 9.47 Å². The average Bonchev–Trinajstić information content (AvgIpc) is 2.95. The second-order valence-corrected chi connectivity index (χ2v) is 5.94. The van der Waals surface area contributed by atoms with E-state index in [1.165, 1.54) is 6.20 Å². The summed E-state index contributed by atoms with van der Waals surface area (Å²) in [5, 5.41) is 0. The van der Waals surface area contributed by atoms with Crippen LogP contribution in [0.1, 0.15) is 15.9 Å². The number of hydrogen-bond donors (Lipinski definition) is 0. The van der Waals surface area contributed by atoms with Crippen LogP contribution >= 0.6 is 0 Å². The number of likely N-dealkylation sites (tertiary alicyclic amines) is 1. The average molecular weight is 328 g/mol. The Labute approximate surface area is 136 Å². The normalized spacial score (nSPS) is 16.2. The standard InChI is InChI=1S/C17H14F2N4O/c18-17(19)9-23(10-17)16(24)13-6-14-15(20-7-13)22(11-21-14)8-12-4-2-1-3-5-12/h1-7,11H,8-10H2. The Kier molecular flexibility index (Phi) is 3.30. The molecule has 0 bridgehead atoms. The van der Waals surface area contributed by atoms with Crippen LogP contribution in [0.4, 0.5) is 8.78 Å². The molecule has 2 aromatic heterocycles. The van der Waals surface area contributed by atoms with E-state index in [9.17, 15) is 13.6 Å². The van der Waals surface area contributed by atoms with Crippen molar-refractivity contribution in [3.05, 3.63) is 60.0 Å². The first-order valence-electron chi connectivity index (χ1n) is 7.54. The Morgan fingerprint density at radius 2 is 1.92 bits per heavy atom. The van der Waals surface area contributed by atoms with Gasteiger partial charge in [0.15, 0.2) is 5.65 Å². The summed E-state index contributed by atoms with van der Waals surface area (Å²) in [5.74, 6) is -3.21. The molecule has 0 radical (unpaired) electrons. The van der Waals surface area contributed by atoms with Gasteiger partial charge in [0.2, 0.25) is 0 Å². The third-order valence-electron chi connectivity index (χ3n) is 4.03. The topological polar surface area (TPSA) is 51.0 Å². The van der Waals surface area contributed by atoms with Crippen LogP contribution in [0.3, 0.4) is 0 Å². The predicted octanol–water partition coefficient (Wildman–Crippen LogP) is 2.57. The van der Waals surface area contributed by atoms with Crippen LogP contribution in [0.5, 0.6) is 0 Å². The summed E-state index contributed by atoms with van der Waals surface area (Å²) in [6.07, 6.45) is 3.08. The number of carbonyl (C=O) groups is 1. The van der Waals surface area contributed by atoms with Gasteiger partial charge in [0, 0.05) is 6.20 Å². The minimum atomic E-state index is -2.77. The van der Waals surface area contributed by atoms with Gasteiger partial charge in [0.25, 0.3) is 11.8 Å². The summed E-state index contributed by atoms with van der Waals surface area (Å²) in [6, 6.07) is 11.5. The zero-order chi connectivity index (χ0) is 16.7. The second-order valence-electron chi connectivity index (χ2n) is 5.94. The van der Waals surface area contributed by atoms with Gasteiger partial charge >= 0.3 is 0 Å². The van der Waals surface area contributed by atoms with Crippen LogP contribution in [-0.2, 0) is 6.54 Å². The molecule has 1 amide bonds. The van der Waals surface area contributed by atoms with Gasteiger partial charge in [0.1, 0.15) is 5.52 Å². The van der Waals surface area contributed by atoms with E-state index in [4.69, 9.17) is 0 Å². The molecule has 3 heterocycles. The fourth-order valence-electron chi connectivity index (χ4n) is 2.80. The molecule has 0 N–H and O–H groups in total. The number of hydrogen-bond acceptors (Lipinski definition) is 3. The Morgan fingerprint density at radius 1 is 1.17 bits per heavy atom. The zero-order valence-corrected chi connectivity index (χ0v) is 12.7. The van der Waals surface area contributed by atoms with Crippen LogP contribution in [0.15, 0.2) is 48.9 Å². The molecule has 1 aromatic carbocycles. The van der Waals surface area contributed by atoms with Crippen molar-refractivity contribution in [2.24, 2.45) is 0 Å². The molecule has 0 spiro atoms. The molecule has 1 aliphatic rings. The fourth-order valence-corrected chi connectivity index (χ4v) is 2.80. The molecule has 7 heteroatoms. The molecule has 0 atom stereocenters. The van der Waals surface area contributed by atoms with E-state index in [2.05, 4.69) is 9.97 Å². The van der Waals surface area contributed by atoms with Crippen molar-refractivity contribution in [3.63, 3.8) is 0 Å². The molecule has 0 unspecified atom stereocenters. The van der Waals surface area contributed by atoms with E-state index in [0.29, 0.717) is 17.7 Å². The lowest BCUT2D eigenvalue weighted by Crippen LogP contribution is -2.58. The van der Waals surface area contributed by atoms with E-state index in [0.717, 1.165) is 10.5 Å². The van der Waals surface area contributed by atoms with Crippen molar-refractivity contribution < 1.29 is 13.6 Å².